The lowest BCUT2D eigenvalue weighted by atomic mass is 9.92. The molecule has 0 aromatic rings. The van der Waals surface area contributed by atoms with Gasteiger partial charge in [-0.05, 0) is 0 Å². The predicted octanol–water partition coefficient (Wildman–Crippen LogP) is -2.56. The number of aliphatic hydroxyl groups is 4. The van der Waals surface area contributed by atoms with Crippen LogP contribution in [0.1, 0.15) is 6.42 Å². The molecule has 1 heterocycles. The van der Waals surface area contributed by atoms with Gasteiger partial charge in [0.1, 0.15) is 18.3 Å². The van der Waals surface area contributed by atoms with Crippen LogP contribution in [0.25, 0.3) is 0 Å². The molecule has 0 bridgehead atoms. The van der Waals surface area contributed by atoms with Crippen molar-refractivity contribution in [2.24, 2.45) is 0 Å². The standard InChI is InChI=1S/C9H14O8/c1-16-9(8(14)15)2-4(11)6(13)7(17-9)5(12)3-10/h4-7,10-13H,1-3H2/p+1/t4-,5-,6-,7-,9+/m1/s1. The van der Waals surface area contributed by atoms with E-state index >= 15 is 0 Å². The van der Waals surface area contributed by atoms with Gasteiger partial charge in [0.05, 0.1) is 12.7 Å². The highest BCUT2D eigenvalue weighted by Gasteiger charge is 2.56. The Kier molecular flexibility index (Phi) is 4.31. The average Bonchev–Trinajstić information content (AvgIpc) is 2.31. The molecule has 0 unspecified atom stereocenters. The van der Waals surface area contributed by atoms with Crippen molar-refractivity contribution >= 4 is 5.97 Å². The lowest BCUT2D eigenvalue weighted by Crippen LogP contribution is -2.62. The fourth-order valence-electron chi connectivity index (χ4n) is 1.66. The Bertz CT molecular complexity index is 282. The van der Waals surface area contributed by atoms with Crippen molar-refractivity contribution in [3.8, 4) is 0 Å². The van der Waals surface area contributed by atoms with E-state index in [0.29, 0.717) is 0 Å². The van der Waals surface area contributed by atoms with Gasteiger partial charge in [-0.2, -0.15) is 4.74 Å². The van der Waals surface area contributed by atoms with Gasteiger partial charge in [-0.1, -0.05) is 0 Å². The van der Waals surface area contributed by atoms with E-state index in [9.17, 15) is 20.1 Å². The second kappa shape index (κ2) is 5.17. The first-order valence-electron chi connectivity index (χ1n) is 4.87. The van der Waals surface area contributed by atoms with Crippen LogP contribution in [0.5, 0.6) is 0 Å². The molecule has 8 heteroatoms. The minimum absolute atomic E-state index is 0.540. The first-order valence-corrected chi connectivity index (χ1v) is 4.87. The molecule has 1 aliphatic rings. The van der Waals surface area contributed by atoms with Crippen LogP contribution in [0.2, 0.25) is 0 Å². The summed E-state index contributed by atoms with van der Waals surface area (Å²) in [6.07, 6.45) is -6.58. The molecule has 0 saturated carbocycles. The molecule has 0 radical (unpaired) electrons. The Morgan fingerprint density at radius 1 is 1.59 bits per heavy atom. The fraction of sp³-hybridized carbons (Fsp3) is 0.778. The largest absolute Gasteiger partial charge is 0.477 e. The summed E-state index contributed by atoms with van der Waals surface area (Å²) in [5.74, 6) is -3.80. The third kappa shape index (κ3) is 2.51. The molecule has 1 fully saturated rings. The van der Waals surface area contributed by atoms with E-state index in [2.05, 4.69) is 11.8 Å². The number of carboxylic acid groups (broad SMARTS) is 1. The van der Waals surface area contributed by atoms with Crippen molar-refractivity contribution < 1.29 is 39.8 Å². The Hall–Kier alpha value is -0.900. The van der Waals surface area contributed by atoms with Gasteiger partial charge in [0.15, 0.2) is 0 Å². The van der Waals surface area contributed by atoms with Crippen LogP contribution in [0.15, 0.2) is 0 Å². The third-order valence-corrected chi connectivity index (χ3v) is 2.66. The van der Waals surface area contributed by atoms with E-state index < -0.39 is 49.2 Å². The van der Waals surface area contributed by atoms with E-state index in [-0.39, 0.29) is 0 Å². The molecule has 0 spiro atoms. The highest BCUT2D eigenvalue weighted by molar-refractivity contribution is 5.76. The SMILES string of the molecule is [CH2+]O[C@@]1(C(=O)O)C[C@@H](O)[C@@H](O)[C@@H]([C@H](O)CO)O1. The molecule has 1 saturated heterocycles. The summed E-state index contributed by atoms with van der Waals surface area (Å²) < 4.78 is 9.36. The zero-order valence-electron chi connectivity index (χ0n) is 8.89. The average molecular weight is 251 g/mol. The maximum absolute atomic E-state index is 11.0. The molecule has 0 aromatic heterocycles. The number of aliphatic carboxylic acids is 1. The number of carbonyl (C=O) groups is 1. The highest BCUT2D eigenvalue weighted by atomic mass is 16.7. The number of ether oxygens (including phenoxy) is 2. The summed E-state index contributed by atoms with van der Waals surface area (Å²) in [7, 11) is 2.94. The third-order valence-electron chi connectivity index (χ3n) is 2.66. The molecule has 1 rings (SSSR count). The monoisotopic (exact) mass is 251 g/mol. The van der Waals surface area contributed by atoms with E-state index in [1.807, 2.05) is 0 Å². The molecule has 5 atom stereocenters. The van der Waals surface area contributed by atoms with Crippen LogP contribution >= 0.6 is 0 Å². The van der Waals surface area contributed by atoms with Gasteiger partial charge in [-0.3, -0.25) is 0 Å². The molecule has 0 aliphatic carbocycles. The van der Waals surface area contributed by atoms with Crippen molar-refractivity contribution in [2.45, 2.75) is 36.6 Å². The maximum atomic E-state index is 11.0. The van der Waals surface area contributed by atoms with Crippen molar-refractivity contribution in [3.63, 3.8) is 0 Å². The predicted molar refractivity (Wildman–Crippen MR) is 51.4 cm³/mol. The topological polar surface area (TPSA) is 137 Å². The van der Waals surface area contributed by atoms with Crippen LogP contribution < -0.4 is 0 Å². The van der Waals surface area contributed by atoms with Crippen LogP contribution in [0.3, 0.4) is 0 Å². The van der Waals surface area contributed by atoms with Gasteiger partial charge < -0.3 is 30.3 Å². The molecule has 8 nitrogen and oxygen atoms in total. The second-order valence-corrected chi connectivity index (χ2v) is 3.80. The Balaban J connectivity index is 2.96. The minimum atomic E-state index is -2.25. The van der Waals surface area contributed by atoms with Gasteiger partial charge in [0, 0.05) is 6.42 Å². The molecule has 1 aliphatic heterocycles. The van der Waals surface area contributed by atoms with Crippen molar-refractivity contribution in [2.75, 3.05) is 6.61 Å². The summed E-state index contributed by atoms with van der Waals surface area (Å²) in [6, 6.07) is 0. The Labute approximate surface area is 97.0 Å². The fourth-order valence-corrected chi connectivity index (χ4v) is 1.66. The van der Waals surface area contributed by atoms with Crippen LogP contribution in [0.4, 0.5) is 0 Å². The van der Waals surface area contributed by atoms with Crippen molar-refractivity contribution in [3.05, 3.63) is 7.11 Å². The Morgan fingerprint density at radius 3 is 2.59 bits per heavy atom. The van der Waals surface area contributed by atoms with E-state index in [4.69, 9.17) is 14.9 Å². The van der Waals surface area contributed by atoms with E-state index in [1.165, 1.54) is 0 Å². The highest BCUT2D eigenvalue weighted by Crippen LogP contribution is 2.32. The van der Waals surface area contributed by atoms with Crippen molar-refractivity contribution in [1.29, 1.82) is 0 Å². The van der Waals surface area contributed by atoms with Gasteiger partial charge in [0.25, 0.3) is 0 Å². The Morgan fingerprint density at radius 2 is 2.18 bits per heavy atom. The maximum Gasteiger partial charge on any atom is 0.369 e. The molecular formula is C9H15O8+. The molecule has 17 heavy (non-hydrogen) atoms. The van der Waals surface area contributed by atoms with Crippen molar-refractivity contribution in [1.82, 2.24) is 0 Å². The molecule has 98 valence electrons. The molecule has 0 amide bonds. The number of rotatable bonds is 4. The lowest BCUT2D eigenvalue weighted by molar-refractivity contribution is -0.311. The lowest BCUT2D eigenvalue weighted by Gasteiger charge is -2.41. The summed E-state index contributed by atoms with van der Waals surface area (Å²) in [5, 5.41) is 46.1. The number of hydrogen-bond donors (Lipinski definition) is 5. The van der Waals surface area contributed by atoms with Crippen LogP contribution in [-0.2, 0) is 14.3 Å². The first kappa shape index (κ1) is 14.2. The number of hydrogen-bond acceptors (Lipinski definition) is 7. The smallest absolute Gasteiger partial charge is 0.369 e. The molecule has 0 aromatic carbocycles. The van der Waals surface area contributed by atoms with Gasteiger partial charge in [-0.25, -0.2) is 4.79 Å². The zero-order valence-corrected chi connectivity index (χ0v) is 8.89. The van der Waals surface area contributed by atoms with E-state index in [1.54, 1.807) is 0 Å². The number of carboxylic acids is 1. The summed E-state index contributed by atoms with van der Waals surface area (Å²) >= 11 is 0. The second-order valence-electron chi connectivity index (χ2n) is 3.80. The van der Waals surface area contributed by atoms with E-state index in [0.717, 1.165) is 0 Å². The quantitative estimate of drug-likeness (QED) is 0.344. The number of aliphatic hydroxyl groups excluding tert-OH is 4. The molecule has 5 N–H and O–H groups in total. The summed E-state index contributed by atoms with van der Waals surface area (Å²) in [4.78, 5) is 11.0. The van der Waals surface area contributed by atoms with Crippen LogP contribution in [-0.4, -0.2) is 68.3 Å². The normalized spacial score (nSPS) is 39.9. The summed E-state index contributed by atoms with van der Waals surface area (Å²) in [5.41, 5.74) is 0. The summed E-state index contributed by atoms with van der Waals surface area (Å²) in [6.45, 7) is -0.763. The van der Waals surface area contributed by atoms with Gasteiger partial charge >= 0.3 is 11.8 Å². The van der Waals surface area contributed by atoms with Gasteiger partial charge in [-0.15, -0.1) is 0 Å². The van der Waals surface area contributed by atoms with Gasteiger partial charge in [0.2, 0.25) is 7.11 Å². The minimum Gasteiger partial charge on any atom is -0.477 e. The van der Waals surface area contributed by atoms with Crippen LogP contribution in [0, 0.1) is 7.11 Å². The zero-order chi connectivity index (χ0) is 13.2. The molecular weight excluding hydrogens is 236 g/mol. The first-order chi connectivity index (χ1) is 7.88.